The molecular formula is C16H20ClOSi. The molecule has 3 unspecified atom stereocenters. The molecule has 1 nitrogen and oxygen atoms in total. The van der Waals surface area contributed by atoms with Gasteiger partial charge in [-0.15, -0.1) is 11.1 Å². The summed E-state index contributed by atoms with van der Waals surface area (Å²) in [5, 5.41) is 0. The molecule has 0 aromatic heterocycles. The van der Waals surface area contributed by atoms with E-state index in [-0.39, 0.29) is 0 Å². The number of rotatable bonds is 5. The summed E-state index contributed by atoms with van der Waals surface area (Å²) >= 11 is 6.43. The van der Waals surface area contributed by atoms with Gasteiger partial charge in [0.25, 0.3) is 0 Å². The zero-order valence-corrected chi connectivity index (χ0v) is 13.1. The first-order valence-electron chi connectivity index (χ1n) is 7.15. The van der Waals surface area contributed by atoms with Gasteiger partial charge in [-0.1, -0.05) is 30.4 Å². The number of fused-ring (bicyclic) bond motifs is 2. The Kier molecular flexibility index (Phi) is 3.99. The topological polar surface area (TPSA) is 9.23 Å². The zero-order chi connectivity index (χ0) is 13.2. The zero-order valence-electron chi connectivity index (χ0n) is 11.3. The van der Waals surface area contributed by atoms with E-state index >= 15 is 0 Å². The maximum absolute atomic E-state index is 6.43. The SMILES string of the molecule is Cc1ccccc1O[Si](Cl)CCC1CC2C=CC1C2. The summed E-state index contributed by atoms with van der Waals surface area (Å²) in [6.07, 6.45) is 8.81. The van der Waals surface area contributed by atoms with Gasteiger partial charge in [-0.05, 0) is 61.6 Å². The van der Waals surface area contributed by atoms with E-state index in [9.17, 15) is 0 Å². The summed E-state index contributed by atoms with van der Waals surface area (Å²) in [6.45, 7) is 2.07. The van der Waals surface area contributed by atoms with Crippen LogP contribution in [0.4, 0.5) is 0 Å². The second-order valence-electron chi connectivity index (χ2n) is 5.80. The van der Waals surface area contributed by atoms with Crippen molar-refractivity contribution in [3.63, 3.8) is 0 Å². The van der Waals surface area contributed by atoms with E-state index in [2.05, 4.69) is 25.1 Å². The second-order valence-corrected chi connectivity index (χ2v) is 8.48. The maximum atomic E-state index is 6.43. The van der Waals surface area contributed by atoms with Crippen LogP contribution in [-0.4, -0.2) is 8.35 Å². The van der Waals surface area contributed by atoms with Crippen LogP contribution in [0.15, 0.2) is 36.4 Å². The summed E-state index contributed by atoms with van der Waals surface area (Å²) in [7, 11) is -1.22. The fourth-order valence-electron chi connectivity index (χ4n) is 3.37. The molecule has 101 valence electrons. The Morgan fingerprint density at radius 1 is 1.26 bits per heavy atom. The highest BCUT2D eigenvalue weighted by atomic mass is 35.6. The minimum absolute atomic E-state index is 0.829. The van der Waals surface area contributed by atoms with Crippen molar-refractivity contribution >= 4 is 19.4 Å². The quantitative estimate of drug-likeness (QED) is 0.434. The molecule has 3 rings (SSSR count). The first-order chi connectivity index (χ1) is 9.22. The first-order valence-corrected chi connectivity index (χ1v) is 9.78. The van der Waals surface area contributed by atoms with Gasteiger partial charge in [0, 0.05) is 0 Å². The van der Waals surface area contributed by atoms with Gasteiger partial charge in [0.15, 0.2) is 0 Å². The summed E-state index contributed by atoms with van der Waals surface area (Å²) in [5.41, 5.74) is 1.17. The number of allylic oxidation sites excluding steroid dienone is 2. The predicted molar refractivity (Wildman–Crippen MR) is 81.7 cm³/mol. The number of hydrogen-bond acceptors (Lipinski definition) is 1. The van der Waals surface area contributed by atoms with Crippen molar-refractivity contribution in [2.75, 3.05) is 0 Å². The molecule has 0 heterocycles. The van der Waals surface area contributed by atoms with Crippen LogP contribution in [0.1, 0.15) is 24.8 Å². The Bertz CT molecular complexity index is 474. The van der Waals surface area contributed by atoms with Crippen molar-refractivity contribution in [1.29, 1.82) is 0 Å². The molecule has 1 fully saturated rings. The van der Waals surface area contributed by atoms with Crippen molar-refractivity contribution in [1.82, 2.24) is 0 Å². The molecule has 3 heteroatoms. The van der Waals surface area contributed by atoms with Crippen LogP contribution in [-0.2, 0) is 0 Å². The highest BCUT2D eigenvalue weighted by Gasteiger charge is 2.35. The highest BCUT2D eigenvalue weighted by molar-refractivity contribution is 7.03. The minimum Gasteiger partial charge on any atom is -0.528 e. The van der Waals surface area contributed by atoms with E-state index in [4.69, 9.17) is 15.5 Å². The van der Waals surface area contributed by atoms with Gasteiger partial charge in [-0.3, -0.25) is 0 Å². The van der Waals surface area contributed by atoms with Gasteiger partial charge in [0.2, 0.25) is 0 Å². The van der Waals surface area contributed by atoms with E-state index in [0.29, 0.717) is 0 Å². The lowest BCUT2D eigenvalue weighted by molar-refractivity contribution is 0.427. The Labute approximate surface area is 122 Å². The first kappa shape index (κ1) is 13.3. The van der Waals surface area contributed by atoms with E-state index < -0.39 is 8.35 Å². The Hall–Kier alpha value is -0.733. The van der Waals surface area contributed by atoms with Crippen LogP contribution in [0.25, 0.3) is 0 Å². The van der Waals surface area contributed by atoms with Crippen LogP contribution >= 0.6 is 11.1 Å². The molecule has 1 radical (unpaired) electrons. The summed E-state index contributed by atoms with van der Waals surface area (Å²) in [6, 6.07) is 9.17. The smallest absolute Gasteiger partial charge is 0.392 e. The molecular weight excluding hydrogens is 272 g/mol. The number of halogens is 1. The Morgan fingerprint density at radius 2 is 2.11 bits per heavy atom. The monoisotopic (exact) mass is 291 g/mol. The average Bonchev–Trinajstić information content (AvgIpc) is 3.01. The molecule has 0 saturated heterocycles. The second kappa shape index (κ2) is 5.72. The van der Waals surface area contributed by atoms with Crippen LogP contribution < -0.4 is 4.43 Å². The molecule has 19 heavy (non-hydrogen) atoms. The van der Waals surface area contributed by atoms with Gasteiger partial charge in [-0.2, -0.15) is 0 Å². The van der Waals surface area contributed by atoms with Crippen LogP contribution in [0.3, 0.4) is 0 Å². The van der Waals surface area contributed by atoms with Gasteiger partial charge in [0.1, 0.15) is 5.75 Å². The molecule has 2 aliphatic rings. The third-order valence-electron chi connectivity index (χ3n) is 4.44. The molecule has 0 amide bonds. The largest absolute Gasteiger partial charge is 0.528 e. The standard InChI is InChI=1S/C16H20ClOSi/c1-12-4-2-3-5-16(12)18-19(17)9-8-15-11-13-6-7-14(15)10-13/h2-7,13-15H,8-11H2,1H3. The molecule has 1 saturated carbocycles. The molecule has 3 atom stereocenters. The summed E-state index contributed by atoms with van der Waals surface area (Å²) < 4.78 is 5.93. The molecule has 0 spiro atoms. The van der Waals surface area contributed by atoms with E-state index in [0.717, 1.165) is 29.5 Å². The van der Waals surface area contributed by atoms with E-state index in [1.54, 1.807) is 0 Å². The van der Waals surface area contributed by atoms with Crippen LogP contribution in [0.5, 0.6) is 5.75 Å². The van der Waals surface area contributed by atoms with Gasteiger partial charge in [0.05, 0.1) is 0 Å². The van der Waals surface area contributed by atoms with Crippen molar-refractivity contribution in [2.24, 2.45) is 17.8 Å². The van der Waals surface area contributed by atoms with Gasteiger partial charge in [-0.25, -0.2) is 0 Å². The third-order valence-corrected chi connectivity index (χ3v) is 6.36. The lowest BCUT2D eigenvalue weighted by Gasteiger charge is -2.19. The van der Waals surface area contributed by atoms with Crippen LogP contribution in [0, 0.1) is 24.7 Å². The van der Waals surface area contributed by atoms with Gasteiger partial charge >= 0.3 is 8.35 Å². The predicted octanol–water partition coefficient (Wildman–Crippen LogP) is 4.70. The molecule has 0 aliphatic heterocycles. The maximum Gasteiger partial charge on any atom is 0.392 e. The molecule has 2 aliphatic carbocycles. The Balaban J connectivity index is 1.48. The lowest BCUT2D eigenvalue weighted by Crippen LogP contribution is -2.17. The summed E-state index contributed by atoms with van der Waals surface area (Å²) in [4.78, 5) is 0. The number of aryl methyl sites for hydroxylation is 1. The van der Waals surface area contributed by atoms with E-state index in [1.807, 2.05) is 18.2 Å². The fourth-order valence-corrected chi connectivity index (χ4v) is 5.11. The van der Waals surface area contributed by atoms with Crippen LogP contribution in [0.2, 0.25) is 6.04 Å². The van der Waals surface area contributed by atoms with Crippen molar-refractivity contribution in [3.8, 4) is 5.75 Å². The highest BCUT2D eigenvalue weighted by Crippen LogP contribution is 2.45. The van der Waals surface area contributed by atoms with Gasteiger partial charge < -0.3 is 4.43 Å². The third kappa shape index (κ3) is 3.06. The number of benzene rings is 1. The van der Waals surface area contributed by atoms with Crippen molar-refractivity contribution in [3.05, 3.63) is 42.0 Å². The van der Waals surface area contributed by atoms with Crippen molar-refractivity contribution in [2.45, 2.75) is 32.2 Å². The Morgan fingerprint density at radius 3 is 2.79 bits per heavy atom. The molecule has 1 aromatic carbocycles. The van der Waals surface area contributed by atoms with E-state index in [1.165, 1.54) is 24.8 Å². The normalized spacial score (nSPS) is 28.3. The fraction of sp³-hybridized carbons (Fsp3) is 0.500. The summed E-state index contributed by atoms with van der Waals surface area (Å²) in [5.74, 6) is 3.50. The molecule has 0 N–H and O–H groups in total. The molecule has 2 bridgehead atoms. The molecule has 1 aromatic rings. The lowest BCUT2D eigenvalue weighted by atomic mass is 9.91. The minimum atomic E-state index is -1.22. The van der Waals surface area contributed by atoms with Crippen molar-refractivity contribution < 1.29 is 4.43 Å². The average molecular weight is 292 g/mol. The number of para-hydroxylation sites is 1. The number of hydrogen-bond donors (Lipinski definition) is 0.